The van der Waals surface area contributed by atoms with Crippen LogP contribution in [-0.2, 0) is 6.54 Å². The number of hydrogen-bond acceptors (Lipinski definition) is 4. The van der Waals surface area contributed by atoms with E-state index in [1.165, 1.54) is 30.9 Å². The van der Waals surface area contributed by atoms with Crippen LogP contribution in [0.2, 0.25) is 0 Å². The van der Waals surface area contributed by atoms with Crippen LogP contribution in [0.4, 0.5) is 14.6 Å². The molecule has 7 heteroatoms. The first-order chi connectivity index (χ1) is 10.7. The molecule has 1 saturated carbocycles. The van der Waals surface area contributed by atoms with Gasteiger partial charge in [-0.3, -0.25) is 0 Å². The van der Waals surface area contributed by atoms with Gasteiger partial charge in [0.15, 0.2) is 11.5 Å². The first-order valence-electron chi connectivity index (χ1n) is 7.07. The van der Waals surface area contributed by atoms with E-state index < -0.39 is 11.6 Å². The zero-order chi connectivity index (χ0) is 15.1. The monoisotopic (exact) mass is 301 g/mol. The van der Waals surface area contributed by atoms with Crippen LogP contribution < -0.4 is 5.32 Å². The second-order valence-electron chi connectivity index (χ2n) is 5.39. The van der Waals surface area contributed by atoms with E-state index >= 15 is 0 Å². The van der Waals surface area contributed by atoms with E-state index in [9.17, 15) is 8.78 Å². The molecular formula is C15H13F2N5. The van der Waals surface area contributed by atoms with Gasteiger partial charge in [0.2, 0.25) is 0 Å². The summed E-state index contributed by atoms with van der Waals surface area (Å²) in [6, 6.07) is 4.27. The largest absolute Gasteiger partial charge is 0.365 e. The molecule has 1 aliphatic rings. The van der Waals surface area contributed by atoms with E-state index in [2.05, 4.69) is 20.3 Å². The van der Waals surface area contributed by atoms with Crippen LogP contribution >= 0.6 is 0 Å². The molecule has 112 valence electrons. The highest BCUT2D eigenvalue weighted by Crippen LogP contribution is 2.27. The molecule has 0 radical (unpaired) electrons. The third kappa shape index (κ3) is 2.28. The number of halogens is 2. The highest BCUT2D eigenvalue weighted by Gasteiger charge is 2.23. The molecule has 0 atom stereocenters. The van der Waals surface area contributed by atoms with Gasteiger partial charge in [-0.25, -0.2) is 23.7 Å². The maximum Gasteiger partial charge on any atom is 0.165 e. The molecule has 1 N–H and O–H groups in total. The molecule has 0 bridgehead atoms. The second kappa shape index (κ2) is 5.01. The molecule has 2 heterocycles. The number of aromatic nitrogens is 4. The fourth-order valence-corrected chi connectivity index (χ4v) is 2.38. The highest BCUT2D eigenvalue weighted by molar-refractivity contribution is 5.82. The summed E-state index contributed by atoms with van der Waals surface area (Å²) in [7, 11) is 0. The van der Waals surface area contributed by atoms with Gasteiger partial charge in [-0.15, -0.1) is 0 Å². The predicted octanol–water partition coefficient (Wildman–Crippen LogP) is 2.73. The van der Waals surface area contributed by atoms with Gasteiger partial charge < -0.3 is 9.88 Å². The molecule has 0 spiro atoms. The molecule has 0 unspecified atom stereocenters. The lowest BCUT2D eigenvalue weighted by molar-refractivity contribution is 0.546. The number of imidazole rings is 1. The summed E-state index contributed by atoms with van der Waals surface area (Å²) >= 11 is 0. The fraction of sp³-hybridized carbons (Fsp3) is 0.267. The minimum atomic E-state index is -0.577. The van der Waals surface area contributed by atoms with Crippen molar-refractivity contribution in [1.29, 1.82) is 0 Å². The molecule has 5 nitrogen and oxygen atoms in total. The van der Waals surface area contributed by atoms with Crippen LogP contribution in [0.1, 0.15) is 18.4 Å². The summed E-state index contributed by atoms with van der Waals surface area (Å²) < 4.78 is 29.2. The third-order valence-corrected chi connectivity index (χ3v) is 3.71. The van der Waals surface area contributed by atoms with Crippen molar-refractivity contribution >= 4 is 17.0 Å². The van der Waals surface area contributed by atoms with Crippen molar-refractivity contribution in [2.45, 2.75) is 25.4 Å². The molecule has 0 saturated heterocycles. The summed E-state index contributed by atoms with van der Waals surface area (Å²) in [5, 5.41) is 3.28. The molecule has 1 aliphatic carbocycles. The van der Waals surface area contributed by atoms with Gasteiger partial charge in [0.1, 0.15) is 23.5 Å². The van der Waals surface area contributed by atoms with Gasteiger partial charge in [-0.05, 0) is 25.0 Å². The summed E-state index contributed by atoms with van der Waals surface area (Å²) in [6.45, 7) is 0.0366. The minimum absolute atomic E-state index is 0.00267. The predicted molar refractivity (Wildman–Crippen MR) is 77.4 cm³/mol. The number of nitrogens with zero attached hydrogens (tertiary/aromatic N) is 4. The Morgan fingerprint density at radius 2 is 1.91 bits per heavy atom. The van der Waals surface area contributed by atoms with Crippen molar-refractivity contribution in [2.75, 3.05) is 5.32 Å². The lowest BCUT2D eigenvalue weighted by Gasteiger charge is -2.07. The Morgan fingerprint density at radius 1 is 1.14 bits per heavy atom. The smallest absolute Gasteiger partial charge is 0.165 e. The number of anilines is 1. The van der Waals surface area contributed by atoms with Crippen molar-refractivity contribution in [2.24, 2.45) is 0 Å². The Labute approximate surface area is 125 Å². The zero-order valence-electron chi connectivity index (χ0n) is 11.6. The molecular weight excluding hydrogens is 288 g/mol. The van der Waals surface area contributed by atoms with Crippen LogP contribution in [0, 0.1) is 11.6 Å². The van der Waals surface area contributed by atoms with E-state index in [-0.39, 0.29) is 12.1 Å². The number of fused-ring (bicyclic) bond motifs is 1. The summed E-state index contributed by atoms with van der Waals surface area (Å²) in [5.74, 6) is -0.486. The van der Waals surface area contributed by atoms with E-state index in [0.717, 1.165) is 12.8 Å². The van der Waals surface area contributed by atoms with Crippen LogP contribution in [0.3, 0.4) is 0 Å². The van der Waals surface area contributed by atoms with E-state index in [4.69, 9.17) is 0 Å². The van der Waals surface area contributed by atoms with Gasteiger partial charge in [0, 0.05) is 11.6 Å². The normalized spacial score (nSPS) is 14.5. The van der Waals surface area contributed by atoms with Crippen molar-refractivity contribution in [1.82, 2.24) is 19.5 Å². The molecule has 3 aromatic rings. The zero-order valence-corrected chi connectivity index (χ0v) is 11.6. The molecule has 4 rings (SSSR count). The highest BCUT2D eigenvalue weighted by atomic mass is 19.1. The summed E-state index contributed by atoms with van der Waals surface area (Å²) in [4.78, 5) is 12.7. The average Bonchev–Trinajstić information content (AvgIpc) is 3.22. The molecule has 0 aliphatic heterocycles. The molecule has 0 amide bonds. The van der Waals surface area contributed by atoms with Crippen LogP contribution in [0.15, 0.2) is 30.9 Å². The van der Waals surface area contributed by atoms with Crippen molar-refractivity contribution in [3.8, 4) is 0 Å². The number of hydrogen-bond donors (Lipinski definition) is 1. The molecule has 1 aromatic carbocycles. The third-order valence-electron chi connectivity index (χ3n) is 3.71. The van der Waals surface area contributed by atoms with Gasteiger partial charge in [0.25, 0.3) is 0 Å². The average molecular weight is 301 g/mol. The minimum Gasteiger partial charge on any atom is -0.365 e. The standard InChI is InChI=1S/C15H13F2N5/c16-11-2-1-3-12(17)10(11)6-22-8-20-13-14(21-9-4-5-9)18-7-19-15(13)22/h1-3,7-9H,4-6H2,(H,18,19,21). The topological polar surface area (TPSA) is 55.6 Å². The number of nitrogens with one attached hydrogen (secondary N) is 1. The van der Waals surface area contributed by atoms with Gasteiger partial charge >= 0.3 is 0 Å². The molecule has 1 fully saturated rings. The Kier molecular flexibility index (Phi) is 2.99. The van der Waals surface area contributed by atoms with E-state index in [0.29, 0.717) is 23.0 Å². The van der Waals surface area contributed by atoms with Crippen LogP contribution in [-0.4, -0.2) is 25.6 Å². The number of benzene rings is 1. The first-order valence-corrected chi connectivity index (χ1v) is 7.07. The van der Waals surface area contributed by atoms with Crippen molar-refractivity contribution in [3.63, 3.8) is 0 Å². The lowest BCUT2D eigenvalue weighted by Crippen LogP contribution is -2.06. The SMILES string of the molecule is Fc1cccc(F)c1Cn1cnc2c(NC3CC3)ncnc21. The Morgan fingerprint density at radius 3 is 2.64 bits per heavy atom. The second-order valence-corrected chi connectivity index (χ2v) is 5.39. The van der Waals surface area contributed by atoms with Gasteiger partial charge in [-0.1, -0.05) is 6.07 Å². The maximum atomic E-state index is 13.8. The summed E-state index contributed by atoms with van der Waals surface area (Å²) in [6.07, 6.45) is 5.20. The first kappa shape index (κ1) is 13.1. The molecule has 22 heavy (non-hydrogen) atoms. The van der Waals surface area contributed by atoms with Gasteiger partial charge in [0.05, 0.1) is 12.9 Å². The van der Waals surface area contributed by atoms with Gasteiger partial charge in [-0.2, -0.15) is 0 Å². The Bertz CT molecular complexity index is 821. The summed E-state index contributed by atoms with van der Waals surface area (Å²) in [5.41, 5.74) is 1.17. The van der Waals surface area contributed by atoms with Crippen LogP contribution in [0.25, 0.3) is 11.2 Å². The van der Waals surface area contributed by atoms with E-state index in [1.807, 2.05) is 0 Å². The number of rotatable bonds is 4. The fourth-order valence-electron chi connectivity index (χ4n) is 2.38. The van der Waals surface area contributed by atoms with Crippen molar-refractivity contribution in [3.05, 3.63) is 48.1 Å². The van der Waals surface area contributed by atoms with Crippen molar-refractivity contribution < 1.29 is 8.78 Å². The Balaban J connectivity index is 1.73. The quantitative estimate of drug-likeness (QED) is 0.805. The molecule has 2 aromatic heterocycles. The van der Waals surface area contributed by atoms with Crippen LogP contribution in [0.5, 0.6) is 0 Å². The lowest BCUT2D eigenvalue weighted by atomic mass is 10.2. The Hall–Kier alpha value is -2.57. The maximum absolute atomic E-state index is 13.8. The van der Waals surface area contributed by atoms with E-state index in [1.54, 1.807) is 4.57 Å².